The highest BCUT2D eigenvalue weighted by molar-refractivity contribution is 5.11. The van der Waals surface area contributed by atoms with E-state index in [-0.39, 0.29) is 5.41 Å². The van der Waals surface area contributed by atoms with Gasteiger partial charge in [0.05, 0.1) is 5.69 Å². The molecule has 0 spiro atoms. The van der Waals surface area contributed by atoms with Crippen molar-refractivity contribution in [3.05, 3.63) is 18.0 Å². The molecule has 1 aliphatic rings. The molecule has 1 aromatic heterocycles. The van der Waals surface area contributed by atoms with Crippen LogP contribution < -0.4 is 5.73 Å². The Kier molecular flexibility index (Phi) is 3.30. The average Bonchev–Trinajstić information content (AvgIpc) is 2.97. The smallest absolute Gasteiger partial charge is 0.102 e. The second-order valence-electron chi connectivity index (χ2n) is 4.75. The summed E-state index contributed by atoms with van der Waals surface area (Å²) in [5.74, 6) is 0. The maximum absolute atomic E-state index is 10.5. The van der Waals surface area contributed by atoms with E-state index in [4.69, 9.17) is 5.73 Å². The van der Waals surface area contributed by atoms with E-state index < -0.39 is 6.10 Å². The predicted octanol–water partition coefficient (Wildman–Crippen LogP) is 1.46. The van der Waals surface area contributed by atoms with E-state index in [1.807, 2.05) is 17.7 Å². The molecule has 1 heterocycles. The lowest BCUT2D eigenvalue weighted by Gasteiger charge is -2.33. The second kappa shape index (κ2) is 4.55. The number of hydrogen-bond donors (Lipinski definition) is 2. The first-order valence-corrected chi connectivity index (χ1v) is 6.13. The average molecular weight is 223 g/mol. The van der Waals surface area contributed by atoms with Gasteiger partial charge in [0.25, 0.3) is 0 Å². The molecule has 1 atom stereocenters. The zero-order valence-electron chi connectivity index (χ0n) is 9.89. The molecule has 0 aliphatic heterocycles. The van der Waals surface area contributed by atoms with Crippen LogP contribution in [0.25, 0.3) is 0 Å². The maximum Gasteiger partial charge on any atom is 0.102 e. The predicted molar refractivity (Wildman–Crippen MR) is 62.8 cm³/mol. The molecule has 90 valence electrons. The maximum atomic E-state index is 10.5. The fourth-order valence-electron chi connectivity index (χ4n) is 2.82. The van der Waals surface area contributed by atoms with E-state index in [0.29, 0.717) is 6.54 Å². The summed E-state index contributed by atoms with van der Waals surface area (Å²) in [4.78, 5) is 0. The Morgan fingerprint density at radius 2 is 2.25 bits per heavy atom. The number of nitrogens with two attached hydrogens (primary N) is 1. The van der Waals surface area contributed by atoms with Crippen LogP contribution in [-0.2, 0) is 6.54 Å². The molecular weight excluding hydrogens is 202 g/mol. The first-order valence-electron chi connectivity index (χ1n) is 6.13. The molecule has 1 aromatic rings. The molecule has 0 amide bonds. The minimum absolute atomic E-state index is 0.118. The SMILES string of the molecule is CCn1nccc1C(O)C1(CN)CCCC1. The summed E-state index contributed by atoms with van der Waals surface area (Å²) in [5, 5.41) is 14.7. The number of rotatable bonds is 4. The van der Waals surface area contributed by atoms with E-state index in [0.717, 1.165) is 25.1 Å². The molecule has 1 fully saturated rings. The Bertz CT molecular complexity index is 342. The number of aromatic nitrogens is 2. The van der Waals surface area contributed by atoms with Crippen LogP contribution in [0.15, 0.2) is 12.3 Å². The van der Waals surface area contributed by atoms with Crippen molar-refractivity contribution in [1.29, 1.82) is 0 Å². The number of hydrogen-bond acceptors (Lipinski definition) is 3. The van der Waals surface area contributed by atoms with Gasteiger partial charge in [0.1, 0.15) is 6.10 Å². The quantitative estimate of drug-likeness (QED) is 0.812. The van der Waals surface area contributed by atoms with Crippen LogP contribution >= 0.6 is 0 Å². The molecule has 4 nitrogen and oxygen atoms in total. The lowest BCUT2D eigenvalue weighted by atomic mass is 9.79. The van der Waals surface area contributed by atoms with Crippen LogP contribution in [0.4, 0.5) is 0 Å². The Morgan fingerprint density at radius 3 is 2.81 bits per heavy atom. The summed E-state index contributed by atoms with van der Waals surface area (Å²) in [6, 6.07) is 1.91. The molecule has 0 aromatic carbocycles. The van der Waals surface area contributed by atoms with Gasteiger partial charge in [-0.3, -0.25) is 4.68 Å². The van der Waals surface area contributed by atoms with E-state index in [2.05, 4.69) is 5.10 Å². The van der Waals surface area contributed by atoms with Gasteiger partial charge in [-0.1, -0.05) is 12.8 Å². The van der Waals surface area contributed by atoms with Gasteiger partial charge in [0, 0.05) is 24.7 Å². The molecule has 16 heavy (non-hydrogen) atoms. The first-order chi connectivity index (χ1) is 7.73. The van der Waals surface area contributed by atoms with Gasteiger partial charge in [-0.2, -0.15) is 5.10 Å². The topological polar surface area (TPSA) is 64.1 Å². The Morgan fingerprint density at radius 1 is 1.56 bits per heavy atom. The third-order valence-electron chi connectivity index (χ3n) is 3.91. The fraction of sp³-hybridized carbons (Fsp3) is 0.750. The van der Waals surface area contributed by atoms with E-state index in [1.54, 1.807) is 6.20 Å². The number of aliphatic hydroxyl groups is 1. The lowest BCUT2D eigenvalue weighted by molar-refractivity contribution is 0.0264. The van der Waals surface area contributed by atoms with Crippen molar-refractivity contribution in [3.63, 3.8) is 0 Å². The van der Waals surface area contributed by atoms with Crippen molar-refractivity contribution in [2.24, 2.45) is 11.1 Å². The Balaban J connectivity index is 2.26. The van der Waals surface area contributed by atoms with Gasteiger partial charge in [0.15, 0.2) is 0 Å². The van der Waals surface area contributed by atoms with Crippen LogP contribution in [0.1, 0.15) is 44.4 Å². The summed E-state index contributed by atoms with van der Waals surface area (Å²) in [6.07, 6.45) is 5.69. The first kappa shape index (κ1) is 11.6. The van der Waals surface area contributed by atoms with Crippen molar-refractivity contribution < 1.29 is 5.11 Å². The summed E-state index contributed by atoms with van der Waals surface area (Å²) in [7, 11) is 0. The fourth-order valence-corrected chi connectivity index (χ4v) is 2.82. The molecule has 1 saturated carbocycles. The highest BCUT2D eigenvalue weighted by Gasteiger charge is 2.41. The van der Waals surface area contributed by atoms with Gasteiger partial charge in [-0.05, 0) is 25.8 Å². The zero-order valence-corrected chi connectivity index (χ0v) is 9.89. The van der Waals surface area contributed by atoms with Crippen molar-refractivity contribution in [2.75, 3.05) is 6.54 Å². The standard InChI is InChI=1S/C12H21N3O/c1-2-15-10(5-8-14-15)11(16)12(9-13)6-3-4-7-12/h5,8,11,16H,2-4,6-7,9,13H2,1H3. The summed E-state index contributed by atoms with van der Waals surface area (Å²) < 4.78 is 1.86. The molecule has 0 bridgehead atoms. The molecule has 2 rings (SSSR count). The molecule has 0 radical (unpaired) electrons. The van der Waals surface area contributed by atoms with Crippen LogP contribution in [-0.4, -0.2) is 21.4 Å². The molecule has 4 heteroatoms. The highest BCUT2D eigenvalue weighted by atomic mass is 16.3. The zero-order chi connectivity index (χ0) is 11.6. The third-order valence-corrected chi connectivity index (χ3v) is 3.91. The van der Waals surface area contributed by atoms with Crippen LogP contribution in [0.5, 0.6) is 0 Å². The van der Waals surface area contributed by atoms with Crippen molar-refractivity contribution in [1.82, 2.24) is 9.78 Å². The van der Waals surface area contributed by atoms with Crippen molar-refractivity contribution in [3.8, 4) is 0 Å². The van der Waals surface area contributed by atoms with Crippen LogP contribution in [0.2, 0.25) is 0 Å². The molecule has 1 unspecified atom stereocenters. The summed E-state index contributed by atoms with van der Waals surface area (Å²) >= 11 is 0. The van der Waals surface area contributed by atoms with Gasteiger partial charge in [0.2, 0.25) is 0 Å². The normalized spacial score (nSPS) is 21.2. The van der Waals surface area contributed by atoms with E-state index in [1.165, 1.54) is 12.8 Å². The van der Waals surface area contributed by atoms with Crippen LogP contribution in [0.3, 0.4) is 0 Å². The monoisotopic (exact) mass is 223 g/mol. The second-order valence-corrected chi connectivity index (χ2v) is 4.75. The lowest BCUT2D eigenvalue weighted by Crippen LogP contribution is -2.35. The third kappa shape index (κ3) is 1.76. The number of aryl methyl sites for hydroxylation is 1. The largest absolute Gasteiger partial charge is 0.386 e. The molecule has 0 saturated heterocycles. The van der Waals surface area contributed by atoms with Gasteiger partial charge in [-0.25, -0.2) is 0 Å². The van der Waals surface area contributed by atoms with Gasteiger partial charge in [-0.15, -0.1) is 0 Å². The number of nitrogens with zero attached hydrogens (tertiary/aromatic N) is 2. The Labute approximate surface area is 96.5 Å². The highest BCUT2D eigenvalue weighted by Crippen LogP contribution is 2.46. The Hall–Kier alpha value is -0.870. The van der Waals surface area contributed by atoms with Gasteiger partial charge < -0.3 is 10.8 Å². The van der Waals surface area contributed by atoms with E-state index in [9.17, 15) is 5.11 Å². The molecular formula is C12H21N3O. The van der Waals surface area contributed by atoms with E-state index >= 15 is 0 Å². The molecule has 1 aliphatic carbocycles. The van der Waals surface area contributed by atoms with Gasteiger partial charge >= 0.3 is 0 Å². The van der Waals surface area contributed by atoms with Crippen molar-refractivity contribution >= 4 is 0 Å². The minimum atomic E-state index is -0.470. The minimum Gasteiger partial charge on any atom is -0.386 e. The summed E-state index contributed by atoms with van der Waals surface area (Å²) in [5.41, 5.74) is 6.67. The van der Waals surface area contributed by atoms with Crippen LogP contribution in [0, 0.1) is 5.41 Å². The number of aliphatic hydroxyl groups excluding tert-OH is 1. The molecule has 3 N–H and O–H groups in total. The summed E-state index contributed by atoms with van der Waals surface area (Å²) in [6.45, 7) is 3.39. The van der Waals surface area contributed by atoms with Crippen molar-refractivity contribution in [2.45, 2.75) is 45.3 Å².